The predicted molar refractivity (Wildman–Crippen MR) is 82.6 cm³/mol. The molecule has 0 heterocycles. The summed E-state index contributed by atoms with van der Waals surface area (Å²) in [5.41, 5.74) is 0.753. The fourth-order valence-corrected chi connectivity index (χ4v) is 2.34. The molecule has 0 radical (unpaired) electrons. The van der Waals surface area contributed by atoms with Gasteiger partial charge < -0.3 is 10.6 Å². The van der Waals surface area contributed by atoms with Gasteiger partial charge in [0.15, 0.2) is 0 Å². The number of nitrogens with one attached hydrogen (secondary N) is 2. The van der Waals surface area contributed by atoms with Crippen molar-refractivity contribution in [2.45, 2.75) is 9.79 Å². The zero-order chi connectivity index (χ0) is 15.5. The van der Waals surface area contributed by atoms with Gasteiger partial charge in [-0.2, -0.15) is 8.42 Å². The third-order valence-corrected chi connectivity index (χ3v) is 3.78. The minimum Gasteiger partial charge on any atom is -0.308 e. The van der Waals surface area contributed by atoms with Crippen molar-refractivity contribution in [2.75, 3.05) is 10.6 Å². The SMILES string of the molecule is O=C(Nc1cccc(S(=O)(=O)O)c1)Nc1ccccc1S. The Morgan fingerprint density at radius 2 is 1.76 bits per heavy atom. The Balaban J connectivity index is 2.12. The molecule has 2 aromatic rings. The minimum absolute atomic E-state index is 0.235. The summed E-state index contributed by atoms with van der Waals surface area (Å²) >= 11 is 4.20. The smallest absolute Gasteiger partial charge is 0.308 e. The Labute approximate surface area is 127 Å². The van der Waals surface area contributed by atoms with Crippen LogP contribution < -0.4 is 10.6 Å². The standard InChI is InChI=1S/C13H12N2O4S2/c16-13(15-11-6-1-2-7-12(11)20)14-9-4-3-5-10(8-9)21(17,18)19/h1-8,20H,(H2,14,15,16)(H,17,18,19). The van der Waals surface area contributed by atoms with Gasteiger partial charge in [0.25, 0.3) is 10.1 Å². The maximum Gasteiger partial charge on any atom is 0.323 e. The Morgan fingerprint density at radius 1 is 1.05 bits per heavy atom. The van der Waals surface area contributed by atoms with Crippen LogP contribution in [0, 0.1) is 0 Å². The highest BCUT2D eigenvalue weighted by Gasteiger charge is 2.11. The van der Waals surface area contributed by atoms with Crippen LogP contribution in [0.1, 0.15) is 0 Å². The zero-order valence-corrected chi connectivity index (χ0v) is 12.4. The molecule has 0 saturated heterocycles. The molecule has 0 fully saturated rings. The number of hydrogen-bond donors (Lipinski definition) is 4. The number of rotatable bonds is 3. The molecule has 0 bridgehead atoms. The molecular formula is C13H12N2O4S2. The topological polar surface area (TPSA) is 95.5 Å². The minimum atomic E-state index is -4.31. The van der Waals surface area contributed by atoms with Crippen molar-refractivity contribution >= 4 is 40.2 Å². The molecule has 0 aliphatic carbocycles. The summed E-state index contributed by atoms with van der Waals surface area (Å²) < 4.78 is 31.0. The van der Waals surface area contributed by atoms with Gasteiger partial charge >= 0.3 is 6.03 Å². The summed E-state index contributed by atoms with van der Waals surface area (Å²) in [6.07, 6.45) is 0. The van der Waals surface area contributed by atoms with Crippen LogP contribution in [0.15, 0.2) is 58.3 Å². The first-order valence-corrected chi connectivity index (χ1v) is 7.68. The lowest BCUT2D eigenvalue weighted by Crippen LogP contribution is -2.19. The third-order valence-electron chi connectivity index (χ3n) is 2.54. The molecule has 8 heteroatoms. The average Bonchev–Trinajstić information content (AvgIpc) is 2.41. The van der Waals surface area contributed by atoms with Crippen LogP contribution in [0.5, 0.6) is 0 Å². The molecule has 0 aliphatic heterocycles. The second-order valence-corrected chi connectivity index (χ2v) is 6.00. The number of carbonyl (C=O) groups is 1. The van der Waals surface area contributed by atoms with Gasteiger partial charge in [-0.05, 0) is 30.3 Å². The van der Waals surface area contributed by atoms with E-state index in [0.717, 1.165) is 6.07 Å². The fraction of sp³-hybridized carbons (Fsp3) is 0. The lowest BCUT2D eigenvalue weighted by atomic mass is 10.3. The average molecular weight is 324 g/mol. The van der Waals surface area contributed by atoms with Crippen molar-refractivity contribution in [3.8, 4) is 0 Å². The lowest BCUT2D eigenvalue weighted by molar-refractivity contribution is 0.262. The highest BCUT2D eigenvalue weighted by Crippen LogP contribution is 2.19. The molecule has 21 heavy (non-hydrogen) atoms. The Morgan fingerprint density at radius 3 is 2.43 bits per heavy atom. The van der Waals surface area contributed by atoms with Crippen molar-refractivity contribution in [2.24, 2.45) is 0 Å². The molecule has 0 saturated carbocycles. The Kier molecular flexibility index (Phi) is 4.51. The summed E-state index contributed by atoms with van der Waals surface area (Å²) in [7, 11) is -4.31. The molecule has 6 nitrogen and oxygen atoms in total. The van der Waals surface area contributed by atoms with E-state index in [0.29, 0.717) is 10.6 Å². The fourth-order valence-electron chi connectivity index (χ4n) is 1.60. The molecule has 0 aromatic heterocycles. The van der Waals surface area contributed by atoms with E-state index in [-0.39, 0.29) is 10.6 Å². The maximum absolute atomic E-state index is 11.8. The first-order chi connectivity index (χ1) is 9.86. The second kappa shape index (κ2) is 6.17. The lowest BCUT2D eigenvalue weighted by Gasteiger charge is -2.09. The molecule has 2 rings (SSSR count). The number of benzene rings is 2. The van der Waals surface area contributed by atoms with Crippen molar-refractivity contribution in [1.29, 1.82) is 0 Å². The summed E-state index contributed by atoms with van der Waals surface area (Å²) in [5, 5.41) is 5.05. The largest absolute Gasteiger partial charge is 0.323 e. The number of para-hydroxylation sites is 1. The number of hydrogen-bond acceptors (Lipinski definition) is 4. The number of amides is 2. The summed E-state index contributed by atoms with van der Waals surface area (Å²) in [6, 6.07) is 11.7. The van der Waals surface area contributed by atoms with Crippen LogP contribution in [-0.4, -0.2) is 19.0 Å². The molecular weight excluding hydrogens is 312 g/mol. The van der Waals surface area contributed by atoms with Crippen LogP contribution >= 0.6 is 12.6 Å². The first-order valence-electron chi connectivity index (χ1n) is 5.80. The highest BCUT2D eigenvalue weighted by molar-refractivity contribution is 7.85. The monoisotopic (exact) mass is 324 g/mol. The van der Waals surface area contributed by atoms with Crippen molar-refractivity contribution in [3.63, 3.8) is 0 Å². The van der Waals surface area contributed by atoms with Crippen molar-refractivity contribution < 1.29 is 17.8 Å². The van der Waals surface area contributed by atoms with E-state index in [1.165, 1.54) is 18.2 Å². The molecule has 0 atom stereocenters. The molecule has 0 aliphatic rings. The quantitative estimate of drug-likeness (QED) is 0.516. The molecule has 110 valence electrons. The van der Waals surface area contributed by atoms with E-state index in [1.54, 1.807) is 24.3 Å². The van der Waals surface area contributed by atoms with E-state index in [4.69, 9.17) is 4.55 Å². The van der Waals surface area contributed by atoms with Gasteiger partial charge in [-0.3, -0.25) is 4.55 Å². The zero-order valence-electron chi connectivity index (χ0n) is 10.6. The van der Waals surface area contributed by atoms with E-state index in [2.05, 4.69) is 23.3 Å². The Hall–Kier alpha value is -2.03. The van der Waals surface area contributed by atoms with Gasteiger partial charge in [0.1, 0.15) is 0 Å². The number of carbonyl (C=O) groups excluding carboxylic acids is 1. The molecule has 3 N–H and O–H groups in total. The first kappa shape index (κ1) is 15.4. The van der Waals surface area contributed by atoms with E-state index in [9.17, 15) is 13.2 Å². The highest BCUT2D eigenvalue weighted by atomic mass is 32.2. The summed E-state index contributed by atoms with van der Waals surface area (Å²) in [4.78, 5) is 12.1. The van der Waals surface area contributed by atoms with Crippen LogP contribution in [0.4, 0.5) is 16.2 Å². The van der Waals surface area contributed by atoms with Gasteiger partial charge in [-0.25, -0.2) is 4.79 Å². The normalized spacial score (nSPS) is 11.0. The maximum atomic E-state index is 11.8. The number of urea groups is 1. The summed E-state index contributed by atoms with van der Waals surface area (Å²) in [5.74, 6) is 0. The van der Waals surface area contributed by atoms with Crippen LogP contribution in [0.25, 0.3) is 0 Å². The Bertz CT molecular complexity index is 775. The van der Waals surface area contributed by atoms with E-state index < -0.39 is 16.1 Å². The summed E-state index contributed by atoms with van der Waals surface area (Å²) in [6.45, 7) is 0. The van der Waals surface area contributed by atoms with Crippen LogP contribution in [0.3, 0.4) is 0 Å². The van der Waals surface area contributed by atoms with Gasteiger partial charge in [0.05, 0.1) is 10.6 Å². The van der Waals surface area contributed by atoms with Crippen LogP contribution in [-0.2, 0) is 10.1 Å². The van der Waals surface area contributed by atoms with Gasteiger partial charge in [-0.1, -0.05) is 18.2 Å². The van der Waals surface area contributed by atoms with Gasteiger partial charge in [-0.15, -0.1) is 12.6 Å². The third kappa shape index (κ3) is 4.22. The van der Waals surface area contributed by atoms with E-state index in [1.807, 2.05) is 0 Å². The molecule has 2 amide bonds. The second-order valence-electron chi connectivity index (χ2n) is 4.10. The number of anilines is 2. The number of thiol groups is 1. The molecule has 2 aromatic carbocycles. The van der Waals surface area contributed by atoms with Crippen molar-refractivity contribution in [1.82, 2.24) is 0 Å². The van der Waals surface area contributed by atoms with Gasteiger partial charge in [0.2, 0.25) is 0 Å². The molecule has 0 spiro atoms. The van der Waals surface area contributed by atoms with Gasteiger partial charge in [0, 0.05) is 10.6 Å². The molecule has 0 unspecified atom stereocenters. The van der Waals surface area contributed by atoms with Crippen molar-refractivity contribution in [3.05, 3.63) is 48.5 Å². The van der Waals surface area contributed by atoms with Crippen LogP contribution in [0.2, 0.25) is 0 Å². The predicted octanol–water partition coefficient (Wildman–Crippen LogP) is 2.87. The van der Waals surface area contributed by atoms with E-state index >= 15 is 0 Å².